The van der Waals surface area contributed by atoms with E-state index in [9.17, 15) is 19.8 Å². The standard InChI is InChI=1S/C63H121NO5/c1-3-5-7-9-11-13-15-17-19-20-21-22-23-25-28-31-35-39-43-47-51-55-61(66)60(59-65)64-62(67)56-52-48-44-40-36-32-29-26-24-27-30-34-38-42-46-50-54-58-69-63(68)57-53-49-45-41-37-33-18-16-14-12-10-8-6-4-2/h16,18,24,27,60-61,65-66H,3-15,17,19-23,25-26,28-59H2,1-2H3,(H,64,67)/b18-16-,27-24-. The van der Waals surface area contributed by atoms with Crippen LogP contribution in [0.4, 0.5) is 0 Å². The first-order valence-corrected chi connectivity index (χ1v) is 31.1. The van der Waals surface area contributed by atoms with E-state index in [1.165, 1.54) is 250 Å². The van der Waals surface area contributed by atoms with E-state index in [0.29, 0.717) is 25.9 Å². The number of amides is 1. The molecule has 3 N–H and O–H groups in total. The Bertz CT molecular complexity index is 1080. The third-order valence-electron chi connectivity index (χ3n) is 14.5. The molecular weight excluding hydrogens is 851 g/mol. The summed E-state index contributed by atoms with van der Waals surface area (Å²) in [6.45, 7) is 4.94. The summed E-state index contributed by atoms with van der Waals surface area (Å²) in [4.78, 5) is 24.6. The second-order valence-electron chi connectivity index (χ2n) is 21.4. The van der Waals surface area contributed by atoms with Crippen LogP contribution in [0.15, 0.2) is 24.3 Å². The maximum atomic E-state index is 12.5. The number of unbranched alkanes of at least 4 members (excludes halogenated alkanes) is 43. The first-order chi connectivity index (χ1) is 34.0. The Labute approximate surface area is 431 Å². The molecular formula is C63H121NO5. The van der Waals surface area contributed by atoms with Crippen molar-refractivity contribution in [3.8, 4) is 0 Å². The van der Waals surface area contributed by atoms with Gasteiger partial charge in [-0.15, -0.1) is 0 Å². The van der Waals surface area contributed by atoms with Gasteiger partial charge >= 0.3 is 5.97 Å². The monoisotopic (exact) mass is 972 g/mol. The third kappa shape index (κ3) is 55.5. The number of hydrogen-bond donors (Lipinski definition) is 3. The predicted octanol–water partition coefficient (Wildman–Crippen LogP) is 19.4. The molecule has 0 spiro atoms. The van der Waals surface area contributed by atoms with Gasteiger partial charge < -0.3 is 20.3 Å². The average Bonchev–Trinajstić information content (AvgIpc) is 3.35. The molecule has 69 heavy (non-hydrogen) atoms. The van der Waals surface area contributed by atoms with Gasteiger partial charge in [0.25, 0.3) is 0 Å². The van der Waals surface area contributed by atoms with Crippen LogP contribution in [0.1, 0.15) is 341 Å². The van der Waals surface area contributed by atoms with E-state index >= 15 is 0 Å². The second kappa shape index (κ2) is 58.9. The van der Waals surface area contributed by atoms with Crippen LogP contribution in [0.3, 0.4) is 0 Å². The van der Waals surface area contributed by atoms with E-state index in [-0.39, 0.29) is 18.5 Å². The van der Waals surface area contributed by atoms with Crippen molar-refractivity contribution in [2.75, 3.05) is 13.2 Å². The zero-order chi connectivity index (χ0) is 50.0. The Morgan fingerprint density at radius 2 is 0.681 bits per heavy atom. The number of esters is 1. The highest BCUT2D eigenvalue weighted by atomic mass is 16.5. The Morgan fingerprint density at radius 3 is 1.03 bits per heavy atom. The van der Waals surface area contributed by atoms with Crippen molar-refractivity contribution in [3.05, 3.63) is 24.3 Å². The molecule has 0 aliphatic rings. The van der Waals surface area contributed by atoms with E-state index < -0.39 is 12.1 Å². The maximum Gasteiger partial charge on any atom is 0.305 e. The van der Waals surface area contributed by atoms with Crippen LogP contribution in [0, 0.1) is 0 Å². The van der Waals surface area contributed by atoms with Gasteiger partial charge in [-0.3, -0.25) is 9.59 Å². The number of aliphatic hydroxyl groups excluding tert-OH is 2. The lowest BCUT2D eigenvalue weighted by Crippen LogP contribution is -2.45. The minimum absolute atomic E-state index is 0.00969. The molecule has 0 radical (unpaired) electrons. The first kappa shape index (κ1) is 67.3. The Kier molecular flexibility index (Phi) is 57.5. The molecule has 0 rings (SSSR count). The van der Waals surface area contributed by atoms with Crippen LogP contribution in [0.2, 0.25) is 0 Å². The van der Waals surface area contributed by atoms with Crippen LogP contribution < -0.4 is 5.32 Å². The van der Waals surface area contributed by atoms with Crippen LogP contribution in [0.5, 0.6) is 0 Å². The van der Waals surface area contributed by atoms with Crippen molar-refractivity contribution in [1.82, 2.24) is 5.32 Å². The van der Waals surface area contributed by atoms with Gasteiger partial charge in [0.2, 0.25) is 5.91 Å². The fraction of sp³-hybridized carbons (Fsp3) is 0.905. The molecule has 2 unspecified atom stereocenters. The summed E-state index contributed by atoms with van der Waals surface area (Å²) < 4.78 is 5.47. The summed E-state index contributed by atoms with van der Waals surface area (Å²) in [5.41, 5.74) is 0. The van der Waals surface area contributed by atoms with Gasteiger partial charge in [0.05, 0.1) is 25.4 Å². The molecule has 0 aromatic carbocycles. The molecule has 0 aliphatic heterocycles. The molecule has 0 aliphatic carbocycles. The summed E-state index contributed by atoms with van der Waals surface area (Å²) in [6, 6.07) is -0.551. The van der Waals surface area contributed by atoms with Crippen molar-refractivity contribution in [3.63, 3.8) is 0 Å². The minimum Gasteiger partial charge on any atom is -0.466 e. The van der Waals surface area contributed by atoms with E-state index in [1.54, 1.807) is 0 Å². The third-order valence-corrected chi connectivity index (χ3v) is 14.5. The number of carbonyl (C=O) groups excluding carboxylic acids is 2. The molecule has 0 aromatic heterocycles. The van der Waals surface area contributed by atoms with Crippen molar-refractivity contribution in [1.29, 1.82) is 0 Å². The fourth-order valence-electron chi connectivity index (χ4n) is 9.69. The minimum atomic E-state index is -0.673. The van der Waals surface area contributed by atoms with Gasteiger partial charge in [0.1, 0.15) is 0 Å². The zero-order valence-electron chi connectivity index (χ0n) is 46.6. The smallest absolute Gasteiger partial charge is 0.305 e. The molecule has 0 bridgehead atoms. The number of ether oxygens (including phenoxy) is 1. The number of nitrogens with one attached hydrogen (secondary N) is 1. The van der Waals surface area contributed by atoms with E-state index in [0.717, 1.165) is 57.8 Å². The lowest BCUT2D eigenvalue weighted by molar-refractivity contribution is -0.143. The van der Waals surface area contributed by atoms with E-state index in [4.69, 9.17) is 4.74 Å². The highest BCUT2D eigenvalue weighted by molar-refractivity contribution is 5.76. The molecule has 6 heteroatoms. The molecule has 2 atom stereocenters. The van der Waals surface area contributed by atoms with Crippen molar-refractivity contribution < 1.29 is 24.5 Å². The van der Waals surface area contributed by atoms with Gasteiger partial charge in [-0.05, 0) is 77.0 Å². The van der Waals surface area contributed by atoms with Gasteiger partial charge in [0, 0.05) is 12.8 Å². The number of allylic oxidation sites excluding steroid dienone is 4. The largest absolute Gasteiger partial charge is 0.466 e. The molecule has 0 aromatic rings. The Morgan fingerprint density at radius 1 is 0.391 bits per heavy atom. The summed E-state index contributed by atoms with van der Waals surface area (Å²) in [5.74, 6) is -0.0538. The predicted molar refractivity (Wildman–Crippen MR) is 301 cm³/mol. The van der Waals surface area contributed by atoms with E-state index in [1.807, 2.05) is 0 Å². The van der Waals surface area contributed by atoms with Crippen LogP contribution in [-0.2, 0) is 14.3 Å². The number of carbonyl (C=O) groups is 2. The lowest BCUT2D eigenvalue weighted by atomic mass is 10.0. The van der Waals surface area contributed by atoms with Gasteiger partial charge in [0.15, 0.2) is 0 Å². The maximum absolute atomic E-state index is 12.5. The topological polar surface area (TPSA) is 95.9 Å². The zero-order valence-corrected chi connectivity index (χ0v) is 46.6. The first-order valence-electron chi connectivity index (χ1n) is 31.1. The number of rotatable bonds is 58. The van der Waals surface area contributed by atoms with E-state index in [2.05, 4.69) is 43.5 Å². The summed E-state index contributed by atoms with van der Waals surface area (Å²) in [6.07, 6.45) is 71.8. The molecule has 0 saturated heterocycles. The average molecular weight is 973 g/mol. The van der Waals surface area contributed by atoms with Crippen molar-refractivity contribution in [2.45, 2.75) is 353 Å². The highest BCUT2D eigenvalue weighted by Crippen LogP contribution is 2.18. The van der Waals surface area contributed by atoms with Crippen LogP contribution >= 0.6 is 0 Å². The summed E-state index contributed by atoms with van der Waals surface area (Å²) >= 11 is 0. The highest BCUT2D eigenvalue weighted by Gasteiger charge is 2.20. The molecule has 0 fully saturated rings. The lowest BCUT2D eigenvalue weighted by Gasteiger charge is -2.22. The molecule has 0 heterocycles. The Hall–Kier alpha value is -1.66. The van der Waals surface area contributed by atoms with Crippen LogP contribution in [-0.4, -0.2) is 47.4 Å². The van der Waals surface area contributed by atoms with Gasteiger partial charge in [-0.2, -0.15) is 0 Å². The summed E-state index contributed by atoms with van der Waals surface area (Å²) in [5, 5.41) is 23.4. The Balaban J connectivity index is 3.46. The summed E-state index contributed by atoms with van der Waals surface area (Å²) in [7, 11) is 0. The SMILES string of the molecule is CCCCCCC/C=C\CCCCCCCC(=O)OCCCCCCCC/C=C\CCCCCCCCCC(=O)NC(CO)C(O)CCCCCCCCCCCCCCCCCCCCCCC. The van der Waals surface area contributed by atoms with Gasteiger partial charge in [-0.25, -0.2) is 0 Å². The molecule has 408 valence electrons. The van der Waals surface area contributed by atoms with Crippen molar-refractivity contribution in [2.24, 2.45) is 0 Å². The quantitative estimate of drug-likeness (QED) is 0.0321. The number of hydrogen-bond acceptors (Lipinski definition) is 5. The van der Waals surface area contributed by atoms with Crippen LogP contribution in [0.25, 0.3) is 0 Å². The normalized spacial score (nSPS) is 12.7. The van der Waals surface area contributed by atoms with Crippen molar-refractivity contribution >= 4 is 11.9 Å². The fourth-order valence-corrected chi connectivity index (χ4v) is 9.69. The molecule has 1 amide bonds. The molecule has 0 saturated carbocycles. The molecule has 6 nitrogen and oxygen atoms in total. The second-order valence-corrected chi connectivity index (χ2v) is 21.4. The number of aliphatic hydroxyl groups is 2. The van der Waals surface area contributed by atoms with Gasteiger partial charge in [-0.1, -0.05) is 276 Å².